The zero-order chi connectivity index (χ0) is 22.7. The molecule has 0 saturated carbocycles. The molecule has 0 spiro atoms. The van der Waals surface area contributed by atoms with Gasteiger partial charge in [0.05, 0.1) is 5.54 Å². The molecule has 2 saturated heterocycles. The summed E-state index contributed by atoms with van der Waals surface area (Å²) in [7, 11) is 0. The lowest BCUT2D eigenvalue weighted by Gasteiger charge is -2.48. The number of anilines is 1. The number of allylic oxidation sites excluding steroid dienone is 2. The first kappa shape index (κ1) is 22.1. The van der Waals surface area contributed by atoms with E-state index in [1.165, 1.54) is 24.1 Å². The van der Waals surface area contributed by atoms with Crippen LogP contribution in [0.4, 0.5) is 10.1 Å². The number of rotatable bonds is 6. The van der Waals surface area contributed by atoms with Crippen molar-refractivity contribution in [1.29, 1.82) is 0 Å². The Hall–Kier alpha value is -2.72. The molecule has 4 heteroatoms. The number of likely N-dealkylation sites (tertiary alicyclic amines) is 1. The number of halogens is 1. The summed E-state index contributed by atoms with van der Waals surface area (Å²) < 4.78 is 15.7. The Morgan fingerprint density at radius 3 is 2.21 bits per heavy atom. The molecule has 0 amide bonds. The molecule has 0 aromatic heterocycles. The van der Waals surface area contributed by atoms with Gasteiger partial charge in [-0.05, 0) is 49.8 Å². The molecule has 0 bridgehead atoms. The third-order valence-electron chi connectivity index (χ3n) is 7.68. The van der Waals surface area contributed by atoms with Crippen LogP contribution in [-0.2, 0) is 5.54 Å². The topological polar surface area (TPSA) is 23.6 Å². The third-order valence-corrected chi connectivity index (χ3v) is 7.68. The van der Waals surface area contributed by atoms with Crippen LogP contribution < -0.4 is 4.90 Å². The summed E-state index contributed by atoms with van der Waals surface area (Å²) in [6, 6.07) is 18.1. The van der Waals surface area contributed by atoms with E-state index < -0.39 is 5.67 Å². The monoisotopic (exact) mass is 444 g/mol. The van der Waals surface area contributed by atoms with Gasteiger partial charge in [0, 0.05) is 43.9 Å². The number of carbonyl (C=O) groups is 1. The quantitative estimate of drug-likeness (QED) is 0.505. The molecule has 5 rings (SSSR count). The standard InChI is InChI=1S/C29H33FN2O/c30-28(23-27(33)24-9-3-1-4-10-24)17-21-32(22-18-28)29(15-5-2-6-16-29)25-11-13-26(14-12-25)31-19-7-8-20-31/h1-6,9-15H,7-8,16-23H2. The van der Waals surface area contributed by atoms with Crippen LogP contribution in [0.15, 0.2) is 78.9 Å². The van der Waals surface area contributed by atoms with Crippen molar-refractivity contribution < 1.29 is 9.18 Å². The molecule has 33 heavy (non-hydrogen) atoms. The third kappa shape index (κ3) is 4.54. The van der Waals surface area contributed by atoms with Crippen LogP contribution in [0.2, 0.25) is 0 Å². The fraction of sp³-hybridized carbons (Fsp3) is 0.414. The Morgan fingerprint density at radius 2 is 1.58 bits per heavy atom. The minimum atomic E-state index is -1.43. The van der Waals surface area contributed by atoms with Crippen LogP contribution in [0.3, 0.4) is 0 Å². The molecule has 172 valence electrons. The fourth-order valence-electron chi connectivity index (χ4n) is 5.67. The smallest absolute Gasteiger partial charge is 0.166 e. The summed E-state index contributed by atoms with van der Waals surface area (Å²) in [5.41, 5.74) is 1.48. The van der Waals surface area contributed by atoms with Crippen molar-refractivity contribution in [1.82, 2.24) is 4.90 Å². The maximum Gasteiger partial charge on any atom is 0.166 e. The second-order valence-electron chi connectivity index (χ2n) is 9.76. The lowest BCUT2D eigenvalue weighted by molar-refractivity contribution is 0.0108. The minimum Gasteiger partial charge on any atom is -0.372 e. The first-order valence-electron chi connectivity index (χ1n) is 12.3. The van der Waals surface area contributed by atoms with E-state index in [0.29, 0.717) is 31.5 Å². The van der Waals surface area contributed by atoms with Gasteiger partial charge in [-0.25, -0.2) is 4.39 Å². The van der Waals surface area contributed by atoms with Crippen molar-refractivity contribution >= 4 is 11.5 Å². The van der Waals surface area contributed by atoms with Gasteiger partial charge in [0.1, 0.15) is 5.67 Å². The van der Waals surface area contributed by atoms with Crippen LogP contribution in [0.5, 0.6) is 0 Å². The highest BCUT2D eigenvalue weighted by Gasteiger charge is 2.43. The van der Waals surface area contributed by atoms with Gasteiger partial charge in [-0.3, -0.25) is 9.69 Å². The van der Waals surface area contributed by atoms with E-state index in [4.69, 9.17) is 0 Å². The molecule has 0 N–H and O–H groups in total. The predicted octanol–water partition coefficient (Wildman–Crippen LogP) is 6.08. The molecule has 3 nitrogen and oxygen atoms in total. The molecule has 2 aromatic carbocycles. The molecule has 2 aliphatic heterocycles. The lowest BCUT2D eigenvalue weighted by Crippen LogP contribution is -2.52. The van der Waals surface area contributed by atoms with Crippen LogP contribution in [-0.4, -0.2) is 42.5 Å². The number of benzene rings is 2. The predicted molar refractivity (Wildman–Crippen MR) is 132 cm³/mol. The molecule has 3 aliphatic rings. The Morgan fingerprint density at radius 1 is 0.879 bits per heavy atom. The van der Waals surface area contributed by atoms with Crippen molar-refractivity contribution in [3.8, 4) is 0 Å². The second kappa shape index (κ2) is 9.26. The number of carbonyl (C=O) groups excluding carboxylic acids is 1. The van der Waals surface area contributed by atoms with E-state index in [0.717, 1.165) is 19.5 Å². The first-order chi connectivity index (χ1) is 16.1. The Bertz CT molecular complexity index is 1020. The summed E-state index contributed by atoms with van der Waals surface area (Å²) in [4.78, 5) is 17.5. The van der Waals surface area contributed by atoms with E-state index in [1.54, 1.807) is 12.1 Å². The van der Waals surface area contributed by atoms with Crippen LogP contribution >= 0.6 is 0 Å². The summed E-state index contributed by atoms with van der Waals surface area (Å²) in [6.07, 6.45) is 12.9. The number of Topliss-reactive ketones (excluding diaryl/α,β-unsaturated/α-hetero) is 1. The molecular weight excluding hydrogens is 411 g/mol. The SMILES string of the molecule is O=C(CC1(F)CCN(C2(c3ccc(N4CCCC4)cc3)C=CC=CC2)CC1)c1ccccc1. The normalized spacial score (nSPS) is 24.8. The van der Waals surface area contributed by atoms with Crippen LogP contribution in [0.25, 0.3) is 0 Å². The molecule has 2 fully saturated rings. The van der Waals surface area contributed by atoms with Gasteiger partial charge in [-0.15, -0.1) is 0 Å². The highest BCUT2D eigenvalue weighted by molar-refractivity contribution is 5.96. The molecule has 1 aliphatic carbocycles. The van der Waals surface area contributed by atoms with Gasteiger partial charge in [0.15, 0.2) is 5.78 Å². The van der Waals surface area contributed by atoms with Gasteiger partial charge in [0.2, 0.25) is 0 Å². The van der Waals surface area contributed by atoms with Crippen molar-refractivity contribution in [2.24, 2.45) is 0 Å². The molecule has 1 unspecified atom stereocenters. The van der Waals surface area contributed by atoms with E-state index >= 15 is 4.39 Å². The largest absolute Gasteiger partial charge is 0.372 e. The molecular formula is C29H33FN2O. The average molecular weight is 445 g/mol. The summed E-state index contributed by atoms with van der Waals surface area (Å²) >= 11 is 0. The van der Waals surface area contributed by atoms with E-state index in [1.807, 2.05) is 18.2 Å². The number of alkyl halides is 1. The summed E-state index contributed by atoms with van der Waals surface area (Å²) in [5.74, 6) is -0.0979. The Kier molecular flexibility index (Phi) is 6.20. The molecule has 2 aromatic rings. The number of hydrogen-bond acceptors (Lipinski definition) is 3. The fourth-order valence-corrected chi connectivity index (χ4v) is 5.67. The van der Waals surface area contributed by atoms with Crippen molar-refractivity contribution in [3.63, 3.8) is 0 Å². The number of nitrogens with zero attached hydrogens (tertiary/aromatic N) is 2. The van der Waals surface area contributed by atoms with Crippen molar-refractivity contribution in [3.05, 3.63) is 90.0 Å². The Labute approximate surface area is 196 Å². The van der Waals surface area contributed by atoms with E-state index in [2.05, 4.69) is 58.4 Å². The number of piperidine rings is 1. The van der Waals surface area contributed by atoms with Gasteiger partial charge >= 0.3 is 0 Å². The van der Waals surface area contributed by atoms with Gasteiger partial charge < -0.3 is 4.90 Å². The molecule has 0 radical (unpaired) electrons. The summed E-state index contributed by atoms with van der Waals surface area (Å²) in [5, 5.41) is 0. The summed E-state index contributed by atoms with van der Waals surface area (Å²) in [6.45, 7) is 3.56. The highest BCUT2D eigenvalue weighted by Crippen LogP contribution is 2.42. The number of ketones is 1. The van der Waals surface area contributed by atoms with Gasteiger partial charge in [0.25, 0.3) is 0 Å². The van der Waals surface area contributed by atoms with Crippen LogP contribution in [0, 0.1) is 0 Å². The van der Waals surface area contributed by atoms with Crippen LogP contribution in [0.1, 0.15) is 54.4 Å². The van der Waals surface area contributed by atoms with E-state index in [-0.39, 0.29) is 17.7 Å². The van der Waals surface area contributed by atoms with E-state index in [9.17, 15) is 4.79 Å². The maximum atomic E-state index is 15.7. The zero-order valence-electron chi connectivity index (χ0n) is 19.3. The molecule has 2 heterocycles. The van der Waals surface area contributed by atoms with Gasteiger partial charge in [-0.1, -0.05) is 66.8 Å². The first-order valence-corrected chi connectivity index (χ1v) is 12.3. The maximum absolute atomic E-state index is 15.7. The van der Waals surface area contributed by atoms with Crippen molar-refractivity contribution in [2.75, 3.05) is 31.1 Å². The highest BCUT2D eigenvalue weighted by atomic mass is 19.1. The minimum absolute atomic E-state index is 0.0296. The lowest BCUT2D eigenvalue weighted by atomic mass is 9.78. The molecule has 1 atom stereocenters. The Balaban J connectivity index is 1.31. The van der Waals surface area contributed by atoms with Crippen molar-refractivity contribution in [2.45, 2.75) is 49.7 Å². The number of hydrogen-bond donors (Lipinski definition) is 0. The average Bonchev–Trinajstić information content (AvgIpc) is 3.40. The van der Waals surface area contributed by atoms with Gasteiger partial charge in [-0.2, -0.15) is 0 Å². The second-order valence-corrected chi connectivity index (χ2v) is 9.76. The zero-order valence-corrected chi connectivity index (χ0v) is 19.3.